The van der Waals surface area contributed by atoms with Crippen molar-refractivity contribution in [1.29, 1.82) is 0 Å². The highest BCUT2D eigenvalue weighted by Crippen LogP contribution is 2.25. The van der Waals surface area contributed by atoms with Crippen molar-refractivity contribution in [3.05, 3.63) is 28.2 Å². The summed E-state index contributed by atoms with van der Waals surface area (Å²) < 4.78 is 1.08. The third kappa shape index (κ3) is 1.28. The highest BCUT2D eigenvalue weighted by atomic mass is 79.9. The highest BCUT2D eigenvalue weighted by Gasteiger charge is 2.06. The van der Waals surface area contributed by atoms with Gasteiger partial charge in [-0.25, -0.2) is 0 Å². The molecule has 0 aliphatic carbocycles. The smallest absolute Gasteiger partial charge is 0.161 e. The first-order valence-corrected chi connectivity index (χ1v) is 4.13. The molecular weight excluding hydrogens is 206 g/mol. The van der Waals surface area contributed by atoms with E-state index in [4.69, 9.17) is 4.84 Å². The SMILES string of the molecule is Brc1ccc2c(c1)CC=NO2. The van der Waals surface area contributed by atoms with Crippen molar-refractivity contribution >= 4 is 22.1 Å². The molecule has 2 nitrogen and oxygen atoms in total. The fraction of sp³-hybridized carbons (Fsp3) is 0.125. The summed E-state index contributed by atoms with van der Waals surface area (Å²) in [4.78, 5) is 5.03. The average Bonchev–Trinajstić information content (AvgIpc) is 2.04. The molecule has 2 rings (SSSR count). The minimum Gasteiger partial charge on any atom is -0.357 e. The van der Waals surface area contributed by atoms with E-state index in [2.05, 4.69) is 21.1 Å². The van der Waals surface area contributed by atoms with E-state index in [-0.39, 0.29) is 0 Å². The van der Waals surface area contributed by atoms with Gasteiger partial charge in [0.1, 0.15) is 0 Å². The van der Waals surface area contributed by atoms with Gasteiger partial charge < -0.3 is 4.84 Å². The fourth-order valence-electron chi connectivity index (χ4n) is 1.03. The molecule has 56 valence electrons. The lowest BCUT2D eigenvalue weighted by molar-refractivity contribution is 0.333. The number of hydrogen-bond donors (Lipinski definition) is 0. The van der Waals surface area contributed by atoms with Crippen molar-refractivity contribution in [1.82, 2.24) is 0 Å². The molecule has 0 N–H and O–H groups in total. The van der Waals surface area contributed by atoms with Crippen LogP contribution in [-0.4, -0.2) is 6.21 Å². The maximum Gasteiger partial charge on any atom is 0.161 e. The minimum absolute atomic E-state index is 0.856. The lowest BCUT2D eigenvalue weighted by Crippen LogP contribution is -1.99. The number of oxime groups is 1. The Morgan fingerprint density at radius 3 is 3.27 bits per heavy atom. The molecule has 0 amide bonds. The summed E-state index contributed by atoms with van der Waals surface area (Å²) in [6.07, 6.45) is 2.61. The van der Waals surface area contributed by atoms with Gasteiger partial charge >= 0.3 is 0 Å². The zero-order valence-corrected chi connectivity index (χ0v) is 7.34. The first kappa shape index (κ1) is 6.85. The van der Waals surface area contributed by atoms with Gasteiger partial charge in [0.05, 0.1) is 0 Å². The van der Waals surface area contributed by atoms with Crippen molar-refractivity contribution in [2.75, 3.05) is 0 Å². The maximum absolute atomic E-state index is 5.03. The summed E-state index contributed by atoms with van der Waals surface area (Å²) >= 11 is 3.39. The van der Waals surface area contributed by atoms with Crippen molar-refractivity contribution in [3.63, 3.8) is 0 Å². The van der Waals surface area contributed by atoms with Crippen LogP contribution in [0.2, 0.25) is 0 Å². The third-order valence-electron chi connectivity index (χ3n) is 1.56. The molecular formula is C8H6BrNO. The van der Waals surface area contributed by atoms with E-state index in [9.17, 15) is 0 Å². The topological polar surface area (TPSA) is 21.6 Å². The summed E-state index contributed by atoms with van der Waals surface area (Å²) in [5, 5.41) is 3.71. The van der Waals surface area contributed by atoms with Crippen LogP contribution in [0.25, 0.3) is 0 Å². The normalized spacial score (nSPS) is 13.9. The number of benzene rings is 1. The zero-order valence-electron chi connectivity index (χ0n) is 5.75. The molecule has 3 heteroatoms. The Bertz CT molecular complexity index is 309. The van der Waals surface area contributed by atoms with Crippen LogP contribution in [-0.2, 0) is 6.42 Å². The number of nitrogens with zero attached hydrogens (tertiary/aromatic N) is 1. The molecule has 1 heterocycles. The number of fused-ring (bicyclic) bond motifs is 1. The summed E-state index contributed by atoms with van der Waals surface area (Å²) in [7, 11) is 0. The molecule has 1 aromatic carbocycles. The molecule has 1 aliphatic heterocycles. The monoisotopic (exact) mass is 211 g/mol. The largest absolute Gasteiger partial charge is 0.357 e. The van der Waals surface area contributed by atoms with Gasteiger partial charge in [0, 0.05) is 22.7 Å². The Hall–Kier alpha value is -0.830. The van der Waals surface area contributed by atoms with Gasteiger partial charge in [-0.05, 0) is 18.2 Å². The van der Waals surface area contributed by atoms with Gasteiger partial charge in [0.15, 0.2) is 5.75 Å². The average molecular weight is 212 g/mol. The molecule has 1 aromatic rings. The predicted octanol–water partition coefficient (Wildman–Crippen LogP) is 2.37. The first-order valence-electron chi connectivity index (χ1n) is 3.33. The van der Waals surface area contributed by atoms with Gasteiger partial charge in [-0.1, -0.05) is 21.1 Å². The molecule has 0 spiro atoms. The Morgan fingerprint density at radius 2 is 2.36 bits per heavy atom. The van der Waals surface area contributed by atoms with E-state index in [0.717, 1.165) is 16.6 Å². The van der Waals surface area contributed by atoms with Crippen LogP contribution in [0.1, 0.15) is 5.56 Å². The highest BCUT2D eigenvalue weighted by molar-refractivity contribution is 9.10. The van der Waals surface area contributed by atoms with E-state index in [1.807, 2.05) is 18.2 Å². The van der Waals surface area contributed by atoms with Crippen LogP contribution in [0.3, 0.4) is 0 Å². The molecule has 0 bridgehead atoms. The molecule has 0 unspecified atom stereocenters. The number of halogens is 1. The summed E-state index contributed by atoms with van der Waals surface area (Å²) in [5.74, 6) is 0.857. The predicted molar refractivity (Wildman–Crippen MR) is 47.0 cm³/mol. The van der Waals surface area contributed by atoms with Gasteiger partial charge in [0.2, 0.25) is 0 Å². The van der Waals surface area contributed by atoms with Crippen LogP contribution in [0.5, 0.6) is 5.75 Å². The Balaban J connectivity index is 2.48. The Morgan fingerprint density at radius 1 is 1.45 bits per heavy atom. The molecule has 0 atom stereocenters. The first-order chi connectivity index (χ1) is 5.36. The van der Waals surface area contributed by atoms with E-state index in [0.29, 0.717) is 0 Å². The molecule has 0 aromatic heterocycles. The van der Waals surface area contributed by atoms with E-state index in [1.54, 1.807) is 6.21 Å². The van der Waals surface area contributed by atoms with Crippen LogP contribution < -0.4 is 4.84 Å². The van der Waals surface area contributed by atoms with Crippen molar-refractivity contribution in [2.24, 2.45) is 5.16 Å². The van der Waals surface area contributed by atoms with Crippen LogP contribution in [0, 0.1) is 0 Å². The summed E-state index contributed by atoms with van der Waals surface area (Å²) in [5.41, 5.74) is 1.18. The van der Waals surface area contributed by atoms with Crippen LogP contribution >= 0.6 is 15.9 Å². The number of rotatable bonds is 0. The summed E-state index contributed by atoms with van der Waals surface area (Å²) in [6, 6.07) is 5.90. The second-order valence-corrected chi connectivity index (χ2v) is 3.25. The van der Waals surface area contributed by atoms with Gasteiger partial charge in [-0.2, -0.15) is 0 Å². The molecule has 0 saturated heterocycles. The van der Waals surface area contributed by atoms with Crippen molar-refractivity contribution in [3.8, 4) is 5.75 Å². The Labute approximate surface area is 73.0 Å². The second kappa shape index (κ2) is 2.66. The van der Waals surface area contributed by atoms with E-state index < -0.39 is 0 Å². The summed E-state index contributed by atoms with van der Waals surface area (Å²) in [6.45, 7) is 0. The van der Waals surface area contributed by atoms with E-state index in [1.165, 1.54) is 5.56 Å². The minimum atomic E-state index is 0.856. The number of hydrogen-bond acceptors (Lipinski definition) is 2. The molecule has 0 fully saturated rings. The molecule has 0 radical (unpaired) electrons. The molecule has 11 heavy (non-hydrogen) atoms. The maximum atomic E-state index is 5.03. The standard InChI is InChI=1S/C8H6BrNO/c9-7-1-2-8-6(5-7)3-4-10-11-8/h1-2,4-5H,3H2. The quantitative estimate of drug-likeness (QED) is 0.646. The fourth-order valence-corrected chi connectivity index (χ4v) is 1.43. The van der Waals surface area contributed by atoms with E-state index >= 15 is 0 Å². The van der Waals surface area contributed by atoms with Gasteiger partial charge in [0.25, 0.3) is 0 Å². The van der Waals surface area contributed by atoms with Gasteiger partial charge in [-0.3, -0.25) is 0 Å². The molecule has 1 aliphatic rings. The van der Waals surface area contributed by atoms with Crippen LogP contribution in [0.4, 0.5) is 0 Å². The molecule has 0 saturated carbocycles. The second-order valence-electron chi connectivity index (χ2n) is 2.34. The third-order valence-corrected chi connectivity index (χ3v) is 2.05. The van der Waals surface area contributed by atoms with Crippen LogP contribution in [0.15, 0.2) is 27.8 Å². The Kier molecular flexibility index (Phi) is 1.66. The van der Waals surface area contributed by atoms with Gasteiger partial charge in [-0.15, -0.1) is 0 Å². The van der Waals surface area contributed by atoms with Crippen molar-refractivity contribution < 1.29 is 4.84 Å². The lowest BCUT2D eigenvalue weighted by Gasteiger charge is -2.08. The zero-order chi connectivity index (χ0) is 7.68. The van der Waals surface area contributed by atoms with Crippen molar-refractivity contribution in [2.45, 2.75) is 6.42 Å². The lowest BCUT2D eigenvalue weighted by atomic mass is 10.1.